The molecule has 204 valence electrons. The Kier molecular flexibility index (Phi) is 16.2. The Bertz CT molecular complexity index is 816. The Morgan fingerprint density at radius 2 is 1.44 bits per heavy atom. The number of hydrogen-bond acceptors (Lipinski definition) is 3. The zero-order chi connectivity index (χ0) is 26.9. The van der Waals surface area contributed by atoms with Crippen molar-refractivity contribution in [1.82, 2.24) is 5.01 Å². The molecule has 0 saturated carbocycles. The fraction of sp³-hybridized carbons (Fsp3) is 0.733. The van der Waals surface area contributed by atoms with Crippen LogP contribution >= 0.6 is 0 Å². The van der Waals surface area contributed by atoms with E-state index in [9.17, 15) is 0 Å². The molecule has 0 aromatic heterocycles. The first kappa shape index (κ1) is 32.6. The van der Waals surface area contributed by atoms with E-state index in [1.807, 2.05) is 5.01 Å². The van der Waals surface area contributed by atoms with Crippen LogP contribution in [0.3, 0.4) is 0 Å². The number of nitrogens with zero attached hydrogens (tertiary/aromatic N) is 3. The summed E-state index contributed by atoms with van der Waals surface area (Å²) in [5, 5.41) is 11.1. The van der Waals surface area contributed by atoms with Gasteiger partial charge in [-0.05, 0) is 63.2 Å². The number of rotatable bonds is 18. The summed E-state index contributed by atoms with van der Waals surface area (Å²) < 4.78 is 5.99. The van der Waals surface area contributed by atoms with Gasteiger partial charge in [0, 0.05) is 12.1 Å². The highest BCUT2D eigenvalue weighted by Crippen LogP contribution is 2.22. The van der Waals surface area contributed by atoms with Gasteiger partial charge in [0.25, 0.3) is 0 Å². The predicted molar refractivity (Wildman–Crippen MR) is 163 cm³/mol. The molecule has 0 spiro atoms. The molecule has 0 bridgehead atoms. The van der Waals surface area contributed by atoms with Crippen molar-refractivity contribution in [2.45, 2.75) is 124 Å². The molecule has 1 rings (SSSR count). The molecule has 6 heteroatoms. The first-order valence-electron chi connectivity index (χ1n) is 14.5. The molecule has 0 aliphatic carbocycles. The van der Waals surface area contributed by atoms with Crippen LogP contribution in [0.1, 0.15) is 89.2 Å². The topological polar surface area (TPSA) is 37.2 Å². The van der Waals surface area contributed by atoms with Crippen LogP contribution in [0.15, 0.2) is 28.5 Å². The molecule has 0 radical (unpaired) electrons. The van der Waals surface area contributed by atoms with Gasteiger partial charge in [-0.3, -0.25) is 5.01 Å². The third-order valence-electron chi connectivity index (χ3n) is 6.00. The van der Waals surface area contributed by atoms with Gasteiger partial charge in [0.05, 0.1) is 18.8 Å². The normalized spacial score (nSPS) is 12.1. The maximum atomic E-state index is 5.99. The monoisotopic (exact) mass is 529 g/mol. The van der Waals surface area contributed by atoms with Crippen LogP contribution in [0.2, 0.25) is 39.3 Å². The van der Waals surface area contributed by atoms with E-state index in [0.29, 0.717) is 6.61 Å². The minimum Gasteiger partial charge on any atom is -0.416 e. The third-order valence-corrected chi connectivity index (χ3v) is 7.94. The molecular weight excluding hydrogens is 475 g/mol. The number of likely N-dealkylation sites (N-methyl/N-ethyl adjacent to an activating group) is 1. The molecule has 0 heterocycles. The number of unbranched alkanes of at least 4 members (excludes halogenated alkanes) is 9. The number of aryl methyl sites for hydroxylation is 1. The molecule has 0 saturated heterocycles. The maximum absolute atomic E-state index is 5.99. The maximum Gasteiger partial charge on any atom is 0.183 e. The lowest BCUT2D eigenvalue weighted by Gasteiger charge is -2.20. The molecule has 1 aromatic carbocycles. The zero-order valence-corrected chi connectivity index (χ0v) is 26.9. The lowest BCUT2D eigenvalue weighted by atomic mass is 9.99. The SMILES string of the molecule is CCCCCCCCCCCCc1cc(N=NN(CC)CCO[Si](C)(C)C)ccc1C#C[Si](C)(C)C. The van der Waals surface area contributed by atoms with E-state index in [2.05, 4.69) is 93.1 Å². The van der Waals surface area contributed by atoms with Gasteiger partial charge in [0.15, 0.2) is 8.32 Å². The van der Waals surface area contributed by atoms with E-state index in [1.165, 1.54) is 75.3 Å². The van der Waals surface area contributed by atoms with Crippen LogP contribution in [0.4, 0.5) is 5.69 Å². The predicted octanol–water partition coefficient (Wildman–Crippen LogP) is 9.55. The summed E-state index contributed by atoms with van der Waals surface area (Å²) in [5.41, 5.74) is 6.96. The molecule has 0 unspecified atom stereocenters. The Hall–Kier alpha value is -1.43. The van der Waals surface area contributed by atoms with Gasteiger partial charge in [-0.15, -0.1) is 10.7 Å². The molecule has 36 heavy (non-hydrogen) atoms. The first-order valence-corrected chi connectivity index (χ1v) is 21.4. The van der Waals surface area contributed by atoms with Gasteiger partial charge < -0.3 is 4.43 Å². The van der Waals surface area contributed by atoms with E-state index < -0.39 is 16.4 Å². The molecule has 0 amide bonds. The fourth-order valence-electron chi connectivity index (χ4n) is 3.87. The summed E-state index contributed by atoms with van der Waals surface area (Å²) in [7, 11) is -2.92. The zero-order valence-electron chi connectivity index (χ0n) is 24.9. The lowest BCUT2D eigenvalue weighted by Crippen LogP contribution is -2.30. The average Bonchev–Trinajstić information content (AvgIpc) is 2.80. The smallest absolute Gasteiger partial charge is 0.183 e. The van der Waals surface area contributed by atoms with E-state index >= 15 is 0 Å². The minimum absolute atomic E-state index is 0.706. The van der Waals surface area contributed by atoms with Gasteiger partial charge in [-0.25, -0.2) is 0 Å². The summed E-state index contributed by atoms with van der Waals surface area (Å²) >= 11 is 0. The Balaban J connectivity index is 2.71. The van der Waals surface area contributed by atoms with Crippen LogP contribution in [0.25, 0.3) is 0 Å². The van der Waals surface area contributed by atoms with Crippen LogP contribution < -0.4 is 0 Å². The van der Waals surface area contributed by atoms with Crippen molar-refractivity contribution in [3.8, 4) is 11.5 Å². The Labute approximate surface area is 225 Å². The third kappa shape index (κ3) is 17.1. The summed E-state index contributed by atoms with van der Waals surface area (Å²) in [6.07, 6.45) is 14.6. The van der Waals surface area contributed by atoms with Crippen molar-refractivity contribution in [3.05, 3.63) is 29.3 Å². The van der Waals surface area contributed by atoms with Crippen LogP contribution in [-0.4, -0.2) is 41.1 Å². The quantitative estimate of drug-likeness (QED) is 0.0624. The van der Waals surface area contributed by atoms with E-state index in [-0.39, 0.29) is 0 Å². The van der Waals surface area contributed by atoms with Gasteiger partial charge in [0.2, 0.25) is 0 Å². The second-order valence-electron chi connectivity index (χ2n) is 12.0. The summed E-state index contributed by atoms with van der Waals surface area (Å²) in [4.78, 5) is 0. The Morgan fingerprint density at radius 3 is 2.00 bits per heavy atom. The minimum atomic E-state index is -1.50. The van der Waals surface area contributed by atoms with Gasteiger partial charge in [-0.1, -0.05) is 95.5 Å². The number of hydrogen-bond donors (Lipinski definition) is 0. The van der Waals surface area contributed by atoms with Crippen LogP contribution in [0.5, 0.6) is 0 Å². The van der Waals surface area contributed by atoms with Gasteiger partial charge >= 0.3 is 0 Å². The molecule has 0 aliphatic rings. The largest absolute Gasteiger partial charge is 0.416 e. The standard InChI is InChI=1S/C30H55N3OSi2/c1-9-11-12-13-14-15-16-17-18-19-20-29-27-30(22-21-28(29)23-26-35(3,4)5)31-32-33(10-2)24-25-34-36(6,7)8/h21-22,27H,9-20,24-25H2,1-8H3. The van der Waals surface area contributed by atoms with Crippen molar-refractivity contribution < 1.29 is 4.43 Å². The van der Waals surface area contributed by atoms with Gasteiger partial charge in [-0.2, -0.15) is 0 Å². The van der Waals surface area contributed by atoms with Crippen molar-refractivity contribution in [1.29, 1.82) is 0 Å². The molecule has 0 atom stereocenters. The van der Waals surface area contributed by atoms with Crippen molar-refractivity contribution in [2.24, 2.45) is 10.3 Å². The molecule has 4 nitrogen and oxygen atoms in total. The van der Waals surface area contributed by atoms with Crippen LogP contribution in [0, 0.1) is 11.5 Å². The summed E-state index contributed by atoms with van der Waals surface area (Å²) in [6.45, 7) is 20.2. The fourth-order valence-corrected chi connectivity index (χ4v) is 5.08. The van der Waals surface area contributed by atoms with E-state index in [1.54, 1.807) is 0 Å². The van der Waals surface area contributed by atoms with Gasteiger partial charge in [0.1, 0.15) is 8.07 Å². The second kappa shape index (κ2) is 17.9. The first-order chi connectivity index (χ1) is 17.0. The van der Waals surface area contributed by atoms with Crippen molar-refractivity contribution >= 4 is 22.1 Å². The molecule has 0 fully saturated rings. The molecule has 0 N–H and O–H groups in total. The highest BCUT2D eigenvalue weighted by molar-refractivity contribution is 6.83. The van der Waals surface area contributed by atoms with E-state index in [0.717, 1.165) is 25.2 Å². The summed E-state index contributed by atoms with van der Waals surface area (Å²) in [5.74, 6) is 3.50. The van der Waals surface area contributed by atoms with E-state index in [4.69, 9.17) is 4.43 Å². The average molecular weight is 530 g/mol. The second-order valence-corrected chi connectivity index (χ2v) is 21.2. The molecule has 1 aromatic rings. The Morgan fingerprint density at radius 1 is 0.833 bits per heavy atom. The lowest BCUT2D eigenvalue weighted by molar-refractivity contribution is 0.209. The summed E-state index contributed by atoms with van der Waals surface area (Å²) in [6, 6.07) is 6.42. The molecule has 0 aliphatic heterocycles. The van der Waals surface area contributed by atoms with Crippen molar-refractivity contribution in [2.75, 3.05) is 19.7 Å². The van der Waals surface area contributed by atoms with Crippen LogP contribution in [-0.2, 0) is 10.8 Å². The number of benzene rings is 1. The van der Waals surface area contributed by atoms with Crippen molar-refractivity contribution in [3.63, 3.8) is 0 Å². The highest BCUT2D eigenvalue weighted by atomic mass is 28.4. The highest BCUT2D eigenvalue weighted by Gasteiger charge is 2.14. The molecular formula is C30H55N3OSi2.